The van der Waals surface area contributed by atoms with Crippen LogP contribution in [0.5, 0.6) is 0 Å². The maximum atomic E-state index is 12.2. The number of hydrogen-bond acceptors (Lipinski definition) is 5. The highest BCUT2D eigenvalue weighted by atomic mass is 35.5. The van der Waals surface area contributed by atoms with E-state index in [2.05, 4.69) is 27.2 Å². The zero-order valence-electron chi connectivity index (χ0n) is 16.7. The van der Waals surface area contributed by atoms with Crippen LogP contribution in [0.1, 0.15) is 0 Å². The molecule has 4 N–H and O–H groups in total. The summed E-state index contributed by atoms with van der Waals surface area (Å²) in [5.74, 6) is 0.497. The Morgan fingerprint density at radius 2 is 1.78 bits per heavy atom. The van der Waals surface area contributed by atoms with E-state index in [1.807, 2.05) is 30.5 Å². The smallest absolute Gasteiger partial charge is 0.323 e. The fourth-order valence-electron chi connectivity index (χ4n) is 3.71. The molecule has 2 amide bonds. The van der Waals surface area contributed by atoms with Crippen molar-refractivity contribution in [2.45, 2.75) is 0 Å². The van der Waals surface area contributed by atoms with Crippen molar-refractivity contribution in [1.29, 1.82) is 0 Å². The average molecular weight is 477 g/mol. The second-order valence-electron chi connectivity index (χ2n) is 7.12. The highest BCUT2D eigenvalue weighted by molar-refractivity contribution is 7.18. The maximum absolute atomic E-state index is 12.2. The van der Waals surface area contributed by atoms with Gasteiger partial charge >= 0.3 is 6.03 Å². The van der Waals surface area contributed by atoms with Gasteiger partial charge in [0, 0.05) is 32.4 Å². The second-order valence-corrected chi connectivity index (χ2v) is 9.22. The number of amides is 2. The molecule has 0 fully saturated rings. The van der Waals surface area contributed by atoms with Crippen molar-refractivity contribution in [1.82, 2.24) is 4.98 Å². The first kappa shape index (κ1) is 20.5. The summed E-state index contributed by atoms with van der Waals surface area (Å²) in [6.07, 6.45) is 1.83. The number of thiophene rings is 2. The molecular formula is C24H17ClN4OS2. The molecule has 5 nitrogen and oxygen atoms in total. The third-order valence-corrected chi connectivity index (χ3v) is 7.11. The molecule has 158 valence electrons. The summed E-state index contributed by atoms with van der Waals surface area (Å²) in [4.78, 5) is 18.0. The Labute approximate surface area is 197 Å². The summed E-state index contributed by atoms with van der Waals surface area (Å²) in [5.41, 5.74) is 17.4. The third-order valence-electron chi connectivity index (χ3n) is 5.18. The number of carbonyl (C=O) groups excluding carboxylic acids is 1. The van der Waals surface area contributed by atoms with Gasteiger partial charge < -0.3 is 11.5 Å². The average Bonchev–Trinajstić information content (AvgIpc) is 3.46. The fraction of sp³-hybridized carbons (Fsp3) is 0. The van der Waals surface area contributed by atoms with E-state index in [9.17, 15) is 4.79 Å². The number of halogens is 1. The van der Waals surface area contributed by atoms with Gasteiger partial charge in [0.05, 0.1) is 11.4 Å². The predicted molar refractivity (Wildman–Crippen MR) is 136 cm³/mol. The number of primary amides is 1. The number of nitrogen functional groups attached to an aromatic ring is 1. The van der Waals surface area contributed by atoms with E-state index in [0.717, 1.165) is 32.3 Å². The van der Waals surface area contributed by atoms with E-state index in [1.165, 1.54) is 4.90 Å². The molecule has 3 aromatic heterocycles. The van der Waals surface area contributed by atoms with Crippen LogP contribution in [0.3, 0.4) is 0 Å². The highest BCUT2D eigenvalue weighted by Crippen LogP contribution is 2.42. The van der Waals surface area contributed by atoms with Gasteiger partial charge in [0.2, 0.25) is 0 Å². The van der Waals surface area contributed by atoms with Gasteiger partial charge in [-0.05, 0) is 63.7 Å². The number of anilines is 3. The molecule has 5 aromatic rings. The van der Waals surface area contributed by atoms with Crippen molar-refractivity contribution in [2.24, 2.45) is 5.73 Å². The van der Waals surface area contributed by atoms with Crippen molar-refractivity contribution >= 4 is 67.6 Å². The largest absolute Gasteiger partial charge is 0.383 e. The topological polar surface area (TPSA) is 85.2 Å². The van der Waals surface area contributed by atoms with Crippen LogP contribution in [0.4, 0.5) is 22.0 Å². The maximum Gasteiger partial charge on any atom is 0.323 e. The number of pyridine rings is 1. The molecule has 0 saturated heterocycles. The van der Waals surface area contributed by atoms with Gasteiger partial charge in [-0.25, -0.2) is 9.78 Å². The second kappa shape index (κ2) is 8.27. The standard InChI is InChI=1S/C24H17ClN4OS2/c25-16-2-1-3-18(10-16)29(24(27)30)17-6-4-14(5-7-17)20-13-32-22-19(15-8-9-31-12-15)11-28-23(26)21(20)22/h1-13H,(H2,26,28)(H2,27,30). The van der Waals surface area contributed by atoms with Crippen molar-refractivity contribution in [3.8, 4) is 22.3 Å². The Morgan fingerprint density at radius 1 is 0.969 bits per heavy atom. The van der Waals surface area contributed by atoms with Crippen molar-refractivity contribution in [3.05, 3.63) is 82.0 Å². The van der Waals surface area contributed by atoms with Crippen molar-refractivity contribution in [2.75, 3.05) is 10.6 Å². The van der Waals surface area contributed by atoms with E-state index in [4.69, 9.17) is 23.1 Å². The molecule has 3 heterocycles. The third kappa shape index (κ3) is 3.60. The summed E-state index contributed by atoms with van der Waals surface area (Å²) in [5, 5.41) is 7.72. The molecule has 8 heteroatoms. The Bertz CT molecular complexity index is 1430. The molecule has 0 bridgehead atoms. The van der Waals surface area contributed by atoms with Gasteiger partial charge in [0.15, 0.2) is 0 Å². The van der Waals surface area contributed by atoms with Gasteiger partial charge in [-0.3, -0.25) is 4.90 Å². The Hall–Kier alpha value is -3.39. The molecule has 0 aliphatic carbocycles. The van der Waals surface area contributed by atoms with Gasteiger partial charge in [-0.15, -0.1) is 11.3 Å². The Kier molecular flexibility index (Phi) is 5.30. The minimum absolute atomic E-state index is 0.497. The molecule has 0 atom stereocenters. The van der Waals surface area contributed by atoms with Crippen LogP contribution in [0.25, 0.3) is 32.3 Å². The number of rotatable bonds is 4. The van der Waals surface area contributed by atoms with Crippen molar-refractivity contribution in [3.63, 3.8) is 0 Å². The Balaban J connectivity index is 1.57. The lowest BCUT2D eigenvalue weighted by atomic mass is 10.0. The number of nitrogens with zero attached hydrogens (tertiary/aromatic N) is 2. The molecule has 2 aromatic carbocycles. The van der Waals surface area contributed by atoms with E-state index in [1.54, 1.807) is 46.9 Å². The van der Waals surface area contributed by atoms with Gasteiger partial charge in [0.25, 0.3) is 0 Å². The number of fused-ring (bicyclic) bond motifs is 1. The molecule has 0 aliphatic rings. The van der Waals surface area contributed by atoms with Crippen LogP contribution in [0, 0.1) is 0 Å². The van der Waals surface area contributed by atoms with Crippen molar-refractivity contribution < 1.29 is 4.79 Å². The molecule has 0 aliphatic heterocycles. The van der Waals surface area contributed by atoms with Gasteiger partial charge in [0.1, 0.15) is 5.82 Å². The fourth-order valence-corrected chi connectivity index (χ4v) is 5.67. The van der Waals surface area contributed by atoms with Gasteiger partial charge in [-0.2, -0.15) is 11.3 Å². The molecular weight excluding hydrogens is 460 g/mol. The molecule has 0 radical (unpaired) electrons. The first-order valence-corrected chi connectivity index (χ1v) is 11.9. The summed E-state index contributed by atoms with van der Waals surface area (Å²) in [7, 11) is 0. The summed E-state index contributed by atoms with van der Waals surface area (Å²) < 4.78 is 1.10. The minimum atomic E-state index is -0.588. The van der Waals surface area contributed by atoms with E-state index in [0.29, 0.717) is 22.2 Å². The molecule has 0 unspecified atom stereocenters. The predicted octanol–water partition coefficient (Wildman–Crippen LogP) is 7.14. The molecule has 0 spiro atoms. The molecule has 32 heavy (non-hydrogen) atoms. The number of aromatic nitrogens is 1. The Morgan fingerprint density at radius 3 is 2.47 bits per heavy atom. The highest BCUT2D eigenvalue weighted by Gasteiger charge is 2.18. The SMILES string of the molecule is NC(=O)N(c1ccc(-c2csc3c(-c4ccsc4)cnc(N)c23)cc1)c1cccc(Cl)c1. The summed E-state index contributed by atoms with van der Waals surface area (Å²) in [6.45, 7) is 0. The van der Waals surface area contributed by atoms with E-state index in [-0.39, 0.29) is 0 Å². The minimum Gasteiger partial charge on any atom is -0.383 e. The van der Waals surface area contributed by atoms with Crippen LogP contribution in [0.15, 0.2) is 76.9 Å². The monoisotopic (exact) mass is 476 g/mol. The zero-order valence-corrected chi connectivity index (χ0v) is 19.0. The lowest BCUT2D eigenvalue weighted by Gasteiger charge is -2.21. The zero-order chi connectivity index (χ0) is 22.2. The molecule has 0 saturated carbocycles. The van der Waals surface area contributed by atoms with Crippen LogP contribution in [0.2, 0.25) is 5.02 Å². The first-order chi connectivity index (χ1) is 15.5. The normalized spacial score (nSPS) is 11.0. The van der Waals surface area contributed by atoms with Gasteiger partial charge in [-0.1, -0.05) is 29.8 Å². The number of hydrogen-bond donors (Lipinski definition) is 2. The van der Waals surface area contributed by atoms with Crippen LogP contribution < -0.4 is 16.4 Å². The quantitative estimate of drug-likeness (QED) is 0.289. The first-order valence-electron chi connectivity index (χ1n) is 9.67. The summed E-state index contributed by atoms with van der Waals surface area (Å²) in [6, 6.07) is 16.1. The lowest BCUT2D eigenvalue weighted by Crippen LogP contribution is -2.31. The summed E-state index contributed by atoms with van der Waals surface area (Å²) >= 11 is 9.40. The van der Waals surface area contributed by atoms with Crippen LogP contribution >= 0.6 is 34.3 Å². The lowest BCUT2D eigenvalue weighted by molar-refractivity contribution is 0.256. The van der Waals surface area contributed by atoms with E-state index >= 15 is 0 Å². The van der Waals surface area contributed by atoms with Crippen LogP contribution in [-0.4, -0.2) is 11.0 Å². The molecule has 5 rings (SSSR count). The number of urea groups is 1. The number of nitrogens with two attached hydrogens (primary N) is 2. The van der Waals surface area contributed by atoms with E-state index < -0.39 is 6.03 Å². The number of carbonyl (C=O) groups is 1. The number of benzene rings is 2. The van der Waals surface area contributed by atoms with Crippen LogP contribution in [-0.2, 0) is 0 Å².